The number of hydrogen-bond donors (Lipinski definition) is 0. The van der Waals surface area contributed by atoms with Crippen LogP contribution in [-0.2, 0) is 4.50 Å². The zero-order chi connectivity index (χ0) is 7.61. The van der Waals surface area contributed by atoms with Crippen molar-refractivity contribution in [1.29, 1.82) is 0 Å². The minimum atomic E-state index is -0.0960. The van der Waals surface area contributed by atoms with Crippen molar-refractivity contribution in [2.75, 3.05) is 0 Å². The summed E-state index contributed by atoms with van der Waals surface area (Å²) in [7, 11) is 0.981. The molecule has 1 unspecified atom stereocenters. The molecule has 0 saturated carbocycles. The maximum atomic E-state index is 6.12. The van der Waals surface area contributed by atoms with Crippen LogP contribution in [0.1, 0.15) is 12.5 Å². The first kappa shape index (κ1) is 7.83. The zero-order valence-corrected chi connectivity index (χ0v) is 9.02. The maximum Gasteiger partial charge on any atom is 0.0484 e. The molecule has 0 aromatic heterocycles. The highest BCUT2D eigenvalue weighted by atomic mass is 35.5. The highest BCUT2D eigenvalue weighted by molar-refractivity contribution is 6.44. The average Bonchev–Trinajstić information content (AvgIpc) is 1.88. The van der Waals surface area contributed by atoms with Crippen molar-refractivity contribution < 1.29 is 0 Å². The second kappa shape index (κ2) is 2.77. The van der Waals surface area contributed by atoms with Crippen molar-refractivity contribution in [1.82, 2.24) is 0 Å². The molecular weight excluding hydrogens is 160 g/mol. The van der Waals surface area contributed by atoms with Gasteiger partial charge in [-0.2, -0.15) is 0 Å². The molecule has 0 radical (unpaired) electrons. The first-order chi connectivity index (χ1) is 4.61. The van der Waals surface area contributed by atoms with Gasteiger partial charge >= 0.3 is 0 Å². The van der Waals surface area contributed by atoms with E-state index in [9.17, 15) is 0 Å². The normalized spacial score (nSPS) is 16.6. The van der Waals surface area contributed by atoms with Crippen LogP contribution in [0.4, 0.5) is 0 Å². The molecule has 1 aromatic carbocycles. The van der Waals surface area contributed by atoms with Crippen LogP contribution in [0.25, 0.3) is 0 Å². The van der Waals surface area contributed by atoms with Gasteiger partial charge in [-0.15, -0.1) is 11.6 Å². The SMILES string of the molecule is CC([SiH3])(Cl)c1ccccc1. The monoisotopic (exact) mass is 170 g/mol. The summed E-state index contributed by atoms with van der Waals surface area (Å²) in [6.45, 7) is 2.05. The Kier molecular flexibility index (Phi) is 2.17. The van der Waals surface area contributed by atoms with E-state index in [0.29, 0.717) is 0 Å². The van der Waals surface area contributed by atoms with Gasteiger partial charge in [-0.1, -0.05) is 30.3 Å². The first-order valence-electron chi connectivity index (χ1n) is 3.35. The number of benzene rings is 1. The summed E-state index contributed by atoms with van der Waals surface area (Å²) in [4.78, 5) is 0. The third-order valence-corrected chi connectivity index (χ3v) is 2.26. The van der Waals surface area contributed by atoms with Crippen LogP contribution in [0.15, 0.2) is 30.3 Å². The van der Waals surface area contributed by atoms with Crippen LogP contribution in [0.2, 0.25) is 0 Å². The summed E-state index contributed by atoms with van der Waals surface area (Å²) < 4.78 is -0.0960. The standard InChI is InChI=1S/C8H11ClSi/c1-8(9,10)7-5-3-2-4-6-7/h2-6H,1,10H3. The van der Waals surface area contributed by atoms with Gasteiger partial charge in [0.25, 0.3) is 0 Å². The van der Waals surface area contributed by atoms with E-state index in [2.05, 4.69) is 19.1 Å². The van der Waals surface area contributed by atoms with Crippen LogP contribution in [0, 0.1) is 0 Å². The molecule has 0 saturated heterocycles. The van der Waals surface area contributed by atoms with Gasteiger partial charge in [0.2, 0.25) is 0 Å². The Bertz CT molecular complexity index is 200. The van der Waals surface area contributed by atoms with E-state index in [-0.39, 0.29) is 4.50 Å². The largest absolute Gasteiger partial charge is 0.119 e. The van der Waals surface area contributed by atoms with Gasteiger partial charge in [0.05, 0.1) is 0 Å². The van der Waals surface area contributed by atoms with Crippen LogP contribution in [0.5, 0.6) is 0 Å². The second-order valence-electron chi connectivity index (χ2n) is 2.84. The third-order valence-electron chi connectivity index (χ3n) is 1.46. The minimum Gasteiger partial charge on any atom is -0.119 e. The fraction of sp³-hybridized carbons (Fsp3) is 0.250. The molecule has 0 aliphatic carbocycles. The number of halogens is 1. The molecule has 0 aliphatic heterocycles. The lowest BCUT2D eigenvalue weighted by Crippen LogP contribution is -2.12. The Morgan fingerprint density at radius 2 is 1.80 bits per heavy atom. The van der Waals surface area contributed by atoms with E-state index >= 15 is 0 Å². The van der Waals surface area contributed by atoms with Gasteiger partial charge in [0.15, 0.2) is 0 Å². The molecule has 0 fully saturated rings. The lowest BCUT2D eigenvalue weighted by atomic mass is 10.2. The molecule has 0 N–H and O–H groups in total. The van der Waals surface area contributed by atoms with E-state index in [1.54, 1.807) is 0 Å². The summed E-state index contributed by atoms with van der Waals surface area (Å²) in [5.74, 6) is 0. The summed E-state index contributed by atoms with van der Waals surface area (Å²) in [6.07, 6.45) is 0. The van der Waals surface area contributed by atoms with Gasteiger partial charge in [-0.25, -0.2) is 0 Å². The minimum absolute atomic E-state index is 0.0960. The van der Waals surface area contributed by atoms with E-state index < -0.39 is 0 Å². The molecule has 1 atom stereocenters. The zero-order valence-electron chi connectivity index (χ0n) is 6.26. The molecule has 0 bridgehead atoms. The first-order valence-corrected chi connectivity index (χ1v) is 4.73. The second-order valence-corrected chi connectivity index (χ2v) is 6.42. The molecule has 2 heteroatoms. The summed E-state index contributed by atoms with van der Waals surface area (Å²) in [5.41, 5.74) is 1.23. The quantitative estimate of drug-likeness (QED) is 0.443. The van der Waals surface area contributed by atoms with E-state index in [0.717, 1.165) is 10.2 Å². The Morgan fingerprint density at radius 1 is 1.30 bits per heavy atom. The van der Waals surface area contributed by atoms with Gasteiger partial charge in [0.1, 0.15) is 0 Å². The number of alkyl halides is 1. The molecule has 0 nitrogen and oxygen atoms in total. The Morgan fingerprint density at radius 3 is 2.10 bits per heavy atom. The smallest absolute Gasteiger partial charge is 0.0484 e. The van der Waals surface area contributed by atoms with Gasteiger partial charge in [-0.05, 0) is 12.5 Å². The maximum absolute atomic E-state index is 6.12. The topological polar surface area (TPSA) is 0 Å². The van der Waals surface area contributed by atoms with Crippen LogP contribution >= 0.6 is 11.6 Å². The van der Waals surface area contributed by atoms with Crippen LogP contribution < -0.4 is 0 Å². The molecule has 1 aromatic rings. The highest BCUT2D eigenvalue weighted by Crippen LogP contribution is 2.23. The van der Waals surface area contributed by atoms with Gasteiger partial charge in [0, 0.05) is 14.7 Å². The third kappa shape index (κ3) is 1.86. The van der Waals surface area contributed by atoms with E-state index in [1.807, 2.05) is 18.2 Å². The molecule has 0 spiro atoms. The van der Waals surface area contributed by atoms with Crippen LogP contribution in [0.3, 0.4) is 0 Å². The van der Waals surface area contributed by atoms with Crippen molar-refractivity contribution in [2.45, 2.75) is 11.4 Å². The molecule has 1 rings (SSSR count). The fourth-order valence-corrected chi connectivity index (χ4v) is 1.29. The molecule has 0 heterocycles. The van der Waals surface area contributed by atoms with Crippen LogP contribution in [-0.4, -0.2) is 10.2 Å². The molecule has 10 heavy (non-hydrogen) atoms. The van der Waals surface area contributed by atoms with Gasteiger partial charge < -0.3 is 0 Å². The molecule has 0 amide bonds. The Labute approximate surface area is 69.6 Å². The predicted octanol–water partition coefficient (Wildman–Crippen LogP) is 1.46. The van der Waals surface area contributed by atoms with Crippen molar-refractivity contribution in [3.63, 3.8) is 0 Å². The lowest BCUT2D eigenvalue weighted by Gasteiger charge is -2.15. The molecule has 0 aliphatic rings. The van der Waals surface area contributed by atoms with Crippen molar-refractivity contribution in [3.8, 4) is 0 Å². The lowest BCUT2D eigenvalue weighted by molar-refractivity contribution is 0.975. The molecule has 54 valence electrons. The number of rotatable bonds is 1. The summed E-state index contributed by atoms with van der Waals surface area (Å²) in [6, 6.07) is 10.2. The Balaban J connectivity index is 2.97. The summed E-state index contributed by atoms with van der Waals surface area (Å²) >= 11 is 6.12. The van der Waals surface area contributed by atoms with E-state index in [4.69, 9.17) is 11.6 Å². The highest BCUT2D eigenvalue weighted by Gasteiger charge is 2.14. The van der Waals surface area contributed by atoms with E-state index in [1.165, 1.54) is 5.56 Å². The molecular formula is C8H11ClSi. The summed E-state index contributed by atoms with van der Waals surface area (Å²) in [5, 5.41) is 0. The number of hydrogen-bond acceptors (Lipinski definition) is 0. The van der Waals surface area contributed by atoms with Crippen molar-refractivity contribution in [2.24, 2.45) is 0 Å². The van der Waals surface area contributed by atoms with Crippen molar-refractivity contribution >= 4 is 21.8 Å². The van der Waals surface area contributed by atoms with Gasteiger partial charge in [-0.3, -0.25) is 0 Å². The fourth-order valence-electron chi connectivity index (χ4n) is 0.834. The Hall–Kier alpha value is -0.273. The van der Waals surface area contributed by atoms with Crippen molar-refractivity contribution in [3.05, 3.63) is 35.9 Å². The average molecular weight is 171 g/mol. The predicted molar refractivity (Wildman–Crippen MR) is 49.6 cm³/mol.